The molecule has 0 aromatic heterocycles. The standard InChI is InChI=1S/C27H33NO/c1-25(2,3)21-17-22(26(4,5)6)24(29)23(18-21)27(28,19-13-9-7-10-14-19)20-15-11-8-12-16-20/h7-18,29H,28H2,1-6H3. The smallest absolute Gasteiger partial charge is 0.125 e. The minimum atomic E-state index is -0.964. The third-order valence-corrected chi connectivity index (χ3v) is 5.67. The van der Waals surface area contributed by atoms with Crippen LogP contribution in [0.25, 0.3) is 0 Å². The fourth-order valence-corrected chi connectivity index (χ4v) is 3.82. The lowest BCUT2D eigenvalue weighted by Gasteiger charge is -2.36. The van der Waals surface area contributed by atoms with Gasteiger partial charge in [-0.2, -0.15) is 0 Å². The molecule has 0 radical (unpaired) electrons. The summed E-state index contributed by atoms with van der Waals surface area (Å²) in [7, 11) is 0. The van der Waals surface area contributed by atoms with Crippen LogP contribution < -0.4 is 5.73 Å². The first-order valence-electron chi connectivity index (χ1n) is 10.2. The Balaban J connectivity index is 2.43. The molecular weight excluding hydrogens is 354 g/mol. The molecule has 0 heterocycles. The average Bonchev–Trinajstić information content (AvgIpc) is 2.67. The Hall–Kier alpha value is -2.58. The first kappa shape index (κ1) is 21.1. The minimum Gasteiger partial charge on any atom is -0.507 e. The summed E-state index contributed by atoms with van der Waals surface area (Å²) in [6.07, 6.45) is 0. The van der Waals surface area contributed by atoms with Crippen LogP contribution in [0.2, 0.25) is 0 Å². The van der Waals surface area contributed by atoms with Gasteiger partial charge in [0.05, 0.1) is 5.54 Å². The fourth-order valence-electron chi connectivity index (χ4n) is 3.82. The normalized spacial score (nSPS) is 12.8. The lowest BCUT2D eigenvalue weighted by molar-refractivity contribution is 0.427. The van der Waals surface area contributed by atoms with E-state index in [9.17, 15) is 5.11 Å². The molecular formula is C27H33NO. The van der Waals surface area contributed by atoms with Crippen molar-refractivity contribution in [2.45, 2.75) is 57.9 Å². The topological polar surface area (TPSA) is 46.2 Å². The third-order valence-electron chi connectivity index (χ3n) is 5.67. The van der Waals surface area contributed by atoms with Crippen LogP contribution in [0.4, 0.5) is 0 Å². The van der Waals surface area contributed by atoms with Gasteiger partial charge in [0.1, 0.15) is 5.75 Å². The van der Waals surface area contributed by atoms with Crippen LogP contribution in [-0.4, -0.2) is 5.11 Å². The van der Waals surface area contributed by atoms with E-state index in [1.54, 1.807) is 0 Å². The van der Waals surface area contributed by atoms with Gasteiger partial charge in [-0.1, -0.05) is 108 Å². The van der Waals surface area contributed by atoms with Gasteiger partial charge in [-0.25, -0.2) is 0 Å². The zero-order chi connectivity index (χ0) is 21.4. The molecule has 3 aromatic rings. The number of hydrogen-bond donors (Lipinski definition) is 2. The van der Waals surface area contributed by atoms with Gasteiger partial charge in [0.25, 0.3) is 0 Å². The van der Waals surface area contributed by atoms with Gasteiger partial charge in [0, 0.05) is 5.56 Å². The molecule has 0 unspecified atom stereocenters. The highest BCUT2D eigenvalue weighted by Crippen LogP contribution is 2.45. The van der Waals surface area contributed by atoms with Gasteiger partial charge in [-0.15, -0.1) is 0 Å². The summed E-state index contributed by atoms with van der Waals surface area (Å²) in [6.45, 7) is 13.0. The molecule has 3 rings (SSSR count). The third kappa shape index (κ3) is 3.95. The zero-order valence-electron chi connectivity index (χ0n) is 18.5. The lowest BCUT2D eigenvalue weighted by Crippen LogP contribution is -2.40. The van der Waals surface area contributed by atoms with Gasteiger partial charge < -0.3 is 10.8 Å². The van der Waals surface area contributed by atoms with Crippen LogP contribution in [0.1, 0.15) is 69.4 Å². The van der Waals surface area contributed by atoms with Crippen molar-refractivity contribution in [2.24, 2.45) is 5.73 Å². The first-order valence-corrected chi connectivity index (χ1v) is 10.2. The van der Waals surface area contributed by atoms with Crippen molar-refractivity contribution in [3.63, 3.8) is 0 Å². The Kier molecular flexibility index (Phi) is 5.36. The minimum absolute atomic E-state index is 0.0727. The second kappa shape index (κ2) is 7.35. The van der Waals surface area contributed by atoms with Crippen LogP contribution >= 0.6 is 0 Å². The van der Waals surface area contributed by atoms with E-state index in [2.05, 4.69) is 53.7 Å². The van der Waals surface area contributed by atoms with E-state index < -0.39 is 5.54 Å². The highest BCUT2D eigenvalue weighted by molar-refractivity contribution is 5.59. The number of benzene rings is 3. The van der Waals surface area contributed by atoms with E-state index in [1.165, 1.54) is 0 Å². The fraction of sp³-hybridized carbons (Fsp3) is 0.333. The summed E-state index contributed by atoms with van der Waals surface area (Å²) in [4.78, 5) is 0. The van der Waals surface area contributed by atoms with Crippen molar-refractivity contribution in [1.82, 2.24) is 0 Å². The van der Waals surface area contributed by atoms with Crippen molar-refractivity contribution in [3.05, 3.63) is 101 Å². The molecule has 0 saturated carbocycles. The molecule has 29 heavy (non-hydrogen) atoms. The van der Waals surface area contributed by atoms with E-state index in [4.69, 9.17) is 5.73 Å². The molecule has 0 bridgehead atoms. The Morgan fingerprint density at radius 2 is 1.00 bits per heavy atom. The lowest BCUT2D eigenvalue weighted by atomic mass is 9.72. The Morgan fingerprint density at radius 3 is 1.38 bits per heavy atom. The average molecular weight is 388 g/mol. The van der Waals surface area contributed by atoms with Crippen LogP contribution in [0.5, 0.6) is 5.75 Å². The van der Waals surface area contributed by atoms with Gasteiger partial charge in [0.2, 0.25) is 0 Å². The highest BCUT2D eigenvalue weighted by Gasteiger charge is 2.37. The number of phenolic OH excluding ortho intramolecular Hbond substituents is 1. The Morgan fingerprint density at radius 1 is 0.586 bits per heavy atom. The van der Waals surface area contributed by atoms with Gasteiger partial charge in [-0.3, -0.25) is 0 Å². The molecule has 152 valence electrons. The van der Waals surface area contributed by atoms with Gasteiger partial charge in [-0.05, 0) is 39.2 Å². The second-order valence-electron chi connectivity index (χ2n) is 9.96. The van der Waals surface area contributed by atoms with E-state index in [0.717, 1.165) is 27.8 Å². The number of nitrogens with two attached hydrogens (primary N) is 1. The second-order valence-corrected chi connectivity index (χ2v) is 9.96. The van der Waals surface area contributed by atoms with Crippen molar-refractivity contribution in [2.75, 3.05) is 0 Å². The molecule has 0 aliphatic rings. The van der Waals surface area contributed by atoms with Crippen LogP contribution in [0.15, 0.2) is 72.8 Å². The number of hydrogen-bond acceptors (Lipinski definition) is 2. The summed E-state index contributed by atoms with van der Waals surface area (Å²) >= 11 is 0. The highest BCUT2D eigenvalue weighted by atomic mass is 16.3. The van der Waals surface area contributed by atoms with Crippen molar-refractivity contribution < 1.29 is 5.11 Å². The summed E-state index contributed by atoms with van der Waals surface area (Å²) < 4.78 is 0. The Bertz CT molecular complexity index is 937. The van der Waals surface area contributed by atoms with Gasteiger partial charge >= 0.3 is 0 Å². The molecule has 0 fully saturated rings. The number of rotatable bonds is 3. The van der Waals surface area contributed by atoms with E-state index in [1.807, 2.05) is 60.7 Å². The largest absolute Gasteiger partial charge is 0.507 e. The number of phenols is 1. The maximum Gasteiger partial charge on any atom is 0.125 e. The van der Waals surface area contributed by atoms with Crippen LogP contribution in [-0.2, 0) is 16.4 Å². The Labute approximate surface area is 175 Å². The zero-order valence-corrected chi connectivity index (χ0v) is 18.5. The summed E-state index contributed by atoms with van der Waals surface area (Å²) in [5, 5.41) is 11.5. The number of aromatic hydroxyl groups is 1. The molecule has 2 heteroatoms. The van der Waals surface area contributed by atoms with E-state index in [0.29, 0.717) is 0 Å². The molecule has 0 saturated heterocycles. The van der Waals surface area contributed by atoms with Crippen molar-refractivity contribution in [3.8, 4) is 5.75 Å². The molecule has 0 amide bonds. The predicted molar refractivity (Wildman–Crippen MR) is 122 cm³/mol. The summed E-state index contributed by atoms with van der Waals surface area (Å²) in [6, 6.07) is 24.3. The van der Waals surface area contributed by atoms with Gasteiger partial charge in [0.15, 0.2) is 0 Å². The monoisotopic (exact) mass is 387 g/mol. The first-order chi connectivity index (χ1) is 13.5. The molecule has 3 aromatic carbocycles. The molecule has 0 spiro atoms. The molecule has 3 N–H and O–H groups in total. The van der Waals surface area contributed by atoms with E-state index in [-0.39, 0.29) is 16.6 Å². The summed E-state index contributed by atoms with van der Waals surface area (Å²) in [5.74, 6) is 0.278. The van der Waals surface area contributed by atoms with Crippen LogP contribution in [0, 0.1) is 0 Å². The quantitative estimate of drug-likeness (QED) is 0.523. The maximum absolute atomic E-state index is 11.5. The molecule has 0 atom stereocenters. The van der Waals surface area contributed by atoms with Crippen molar-refractivity contribution in [1.29, 1.82) is 0 Å². The molecule has 2 nitrogen and oxygen atoms in total. The molecule has 0 aliphatic carbocycles. The SMILES string of the molecule is CC(C)(C)c1cc(C(C)(C)C)c(O)c(C(N)(c2ccccc2)c2ccccc2)c1. The summed E-state index contributed by atoms with van der Waals surface area (Å²) in [5.41, 5.74) is 10.7. The van der Waals surface area contributed by atoms with Crippen molar-refractivity contribution >= 4 is 0 Å². The van der Waals surface area contributed by atoms with E-state index >= 15 is 0 Å². The van der Waals surface area contributed by atoms with Crippen LogP contribution in [0.3, 0.4) is 0 Å². The molecule has 0 aliphatic heterocycles. The predicted octanol–water partition coefficient (Wildman–Crippen LogP) is 6.24. The maximum atomic E-state index is 11.5.